The molecule has 4 rings (SSSR count). The van der Waals surface area contributed by atoms with Crippen molar-refractivity contribution in [2.75, 3.05) is 37.6 Å². The van der Waals surface area contributed by atoms with Gasteiger partial charge >= 0.3 is 6.09 Å². The van der Waals surface area contributed by atoms with Crippen LogP contribution in [0.15, 0.2) is 24.5 Å². The van der Waals surface area contributed by atoms with Gasteiger partial charge in [0.25, 0.3) is 0 Å². The Morgan fingerprint density at radius 1 is 1.09 bits per heavy atom. The number of nitrogens with zero attached hydrogens (tertiary/aromatic N) is 5. The third kappa shape index (κ3) is 6.17. The van der Waals surface area contributed by atoms with Gasteiger partial charge in [0.15, 0.2) is 0 Å². The van der Waals surface area contributed by atoms with Crippen molar-refractivity contribution < 1.29 is 14.3 Å². The highest BCUT2D eigenvalue weighted by Crippen LogP contribution is 2.30. The number of anilines is 1. The van der Waals surface area contributed by atoms with Crippen molar-refractivity contribution in [3.8, 4) is 6.07 Å². The van der Waals surface area contributed by atoms with Crippen LogP contribution in [0, 0.1) is 17.2 Å². The van der Waals surface area contributed by atoms with E-state index >= 15 is 0 Å². The van der Waals surface area contributed by atoms with E-state index in [1.807, 2.05) is 31.7 Å². The normalized spacial score (nSPS) is 21.2. The average molecular weight is 480 g/mol. The zero-order chi connectivity index (χ0) is 25.2. The van der Waals surface area contributed by atoms with Crippen LogP contribution in [0.25, 0.3) is 11.0 Å². The summed E-state index contributed by atoms with van der Waals surface area (Å²) in [6.07, 6.45) is 3.70. The van der Waals surface area contributed by atoms with E-state index in [0.717, 1.165) is 18.7 Å². The molecule has 2 aromatic rings. The number of nitriles is 1. The number of carbonyl (C=O) groups is 2. The van der Waals surface area contributed by atoms with Crippen molar-refractivity contribution in [3.05, 3.63) is 30.1 Å². The van der Waals surface area contributed by atoms with Crippen LogP contribution in [0.1, 0.15) is 39.7 Å². The number of benzene rings is 1. The summed E-state index contributed by atoms with van der Waals surface area (Å²) in [6.45, 7) is 10.7. The van der Waals surface area contributed by atoms with Gasteiger partial charge in [0.05, 0.1) is 23.8 Å². The van der Waals surface area contributed by atoms with Gasteiger partial charge in [-0.15, -0.1) is 0 Å². The summed E-state index contributed by atoms with van der Waals surface area (Å²) in [7, 11) is 0. The zero-order valence-corrected chi connectivity index (χ0v) is 20.7. The third-order valence-electron chi connectivity index (χ3n) is 6.14. The highest BCUT2D eigenvalue weighted by atomic mass is 16.6. The van der Waals surface area contributed by atoms with Crippen molar-refractivity contribution in [1.82, 2.24) is 25.5 Å². The van der Waals surface area contributed by atoms with Crippen LogP contribution in [0.4, 0.5) is 10.5 Å². The summed E-state index contributed by atoms with van der Waals surface area (Å²) in [4.78, 5) is 37.7. The second-order valence-electron chi connectivity index (χ2n) is 10.5. The monoisotopic (exact) mass is 479 g/mol. The number of hydrogen-bond donors (Lipinski definition) is 2. The molecule has 186 valence electrons. The molecule has 0 radical (unpaired) electrons. The topological polar surface area (TPSA) is 123 Å². The number of carbonyl (C=O) groups excluding carboxylic acids is 2. The van der Waals surface area contributed by atoms with E-state index in [9.17, 15) is 14.9 Å². The summed E-state index contributed by atoms with van der Waals surface area (Å²) in [6, 6.07) is 5.89. The lowest BCUT2D eigenvalue weighted by molar-refractivity contribution is -0.124. The minimum Gasteiger partial charge on any atom is -0.444 e. The zero-order valence-electron chi connectivity index (χ0n) is 20.7. The molecule has 35 heavy (non-hydrogen) atoms. The molecule has 2 amide bonds. The van der Waals surface area contributed by atoms with Gasteiger partial charge in [-0.1, -0.05) is 6.92 Å². The predicted octanol–water partition coefficient (Wildman–Crippen LogP) is 2.04. The third-order valence-corrected chi connectivity index (χ3v) is 6.14. The molecule has 1 aromatic carbocycles. The van der Waals surface area contributed by atoms with Crippen LogP contribution in [0.5, 0.6) is 0 Å². The van der Waals surface area contributed by atoms with Crippen molar-refractivity contribution in [1.29, 1.82) is 5.26 Å². The number of alkyl carbamates (subject to hydrolysis) is 1. The van der Waals surface area contributed by atoms with Crippen LogP contribution in [0.2, 0.25) is 0 Å². The van der Waals surface area contributed by atoms with Gasteiger partial charge in [0.2, 0.25) is 5.91 Å². The molecule has 2 aliphatic heterocycles. The molecule has 0 bridgehead atoms. The molecular weight excluding hydrogens is 446 g/mol. The molecule has 2 N–H and O–H groups in total. The van der Waals surface area contributed by atoms with Crippen LogP contribution >= 0.6 is 0 Å². The molecule has 1 aromatic heterocycles. The number of fused-ring (bicyclic) bond motifs is 1. The maximum atomic E-state index is 12.7. The van der Waals surface area contributed by atoms with Gasteiger partial charge in [-0.25, -0.2) is 4.79 Å². The number of hydrogen-bond acceptors (Lipinski definition) is 8. The SMILES string of the molecule is C[C@H]1C[C@@H](NC(=O)CN2CC(NC(=O)OC(C)(C)C)C2)CN(c2ccc(C#N)c3nccnc23)C1. The van der Waals surface area contributed by atoms with Gasteiger partial charge in [-0.2, -0.15) is 5.26 Å². The van der Waals surface area contributed by atoms with E-state index in [1.54, 1.807) is 18.5 Å². The first-order valence-electron chi connectivity index (χ1n) is 12.0. The molecule has 0 spiro atoms. The van der Waals surface area contributed by atoms with E-state index in [1.165, 1.54) is 0 Å². The fraction of sp³-hybridized carbons (Fsp3) is 0.560. The minimum absolute atomic E-state index is 0.00516. The number of amides is 2. The van der Waals surface area contributed by atoms with Crippen molar-refractivity contribution >= 4 is 28.7 Å². The quantitative estimate of drug-likeness (QED) is 0.668. The molecule has 2 aliphatic rings. The molecule has 10 heteroatoms. The fourth-order valence-corrected chi connectivity index (χ4v) is 4.78. The van der Waals surface area contributed by atoms with E-state index < -0.39 is 11.7 Å². The maximum absolute atomic E-state index is 12.7. The second-order valence-corrected chi connectivity index (χ2v) is 10.5. The van der Waals surface area contributed by atoms with Gasteiger partial charge in [-0.3, -0.25) is 19.7 Å². The Hall–Kier alpha value is -3.45. The Morgan fingerprint density at radius 2 is 1.80 bits per heavy atom. The van der Waals surface area contributed by atoms with Crippen LogP contribution < -0.4 is 15.5 Å². The van der Waals surface area contributed by atoms with E-state index in [0.29, 0.717) is 48.7 Å². The number of likely N-dealkylation sites (tertiary alicyclic amines) is 1. The summed E-state index contributed by atoms with van der Waals surface area (Å²) in [5, 5.41) is 15.4. The highest BCUT2D eigenvalue weighted by molar-refractivity contribution is 5.92. The predicted molar refractivity (Wildman–Crippen MR) is 132 cm³/mol. The summed E-state index contributed by atoms with van der Waals surface area (Å²) >= 11 is 0. The van der Waals surface area contributed by atoms with Crippen LogP contribution in [0.3, 0.4) is 0 Å². The van der Waals surface area contributed by atoms with Crippen molar-refractivity contribution in [2.45, 2.75) is 51.8 Å². The Balaban J connectivity index is 1.31. The molecule has 2 fully saturated rings. The Kier molecular flexibility index (Phi) is 7.08. The summed E-state index contributed by atoms with van der Waals surface area (Å²) in [5.41, 5.74) is 2.20. The lowest BCUT2D eigenvalue weighted by atomic mass is 9.95. The average Bonchev–Trinajstić information content (AvgIpc) is 2.75. The first-order chi connectivity index (χ1) is 16.6. The maximum Gasteiger partial charge on any atom is 0.407 e. The van der Waals surface area contributed by atoms with Crippen LogP contribution in [-0.4, -0.2) is 77.3 Å². The molecule has 0 aliphatic carbocycles. The molecule has 0 saturated carbocycles. The summed E-state index contributed by atoms with van der Waals surface area (Å²) < 4.78 is 5.28. The lowest BCUT2D eigenvalue weighted by Crippen LogP contribution is -2.62. The number of aromatic nitrogens is 2. The molecule has 0 unspecified atom stereocenters. The Morgan fingerprint density at radius 3 is 2.49 bits per heavy atom. The van der Waals surface area contributed by atoms with Crippen molar-refractivity contribution in [3.63, 3.8) is 0 Å². The van der Waals surface area contributed by atoms with Crippen molar-refractivity contribution in [2.24, 2.45) is 5.92 Å². The Bertz CT molecular complexity index is 1130. The molecule has 2 atom stereocenters. The standard InChI is InChI=1S/C25H33N7O3/c1-16-9-18(29-21(33)15-31-12-19(13-31)30-24(34)35-25(2,3)4)14-32(11-16)20-6-5-17(10-26)22-23(20)28-8-7-27-22/h5-8,16,18-19H,9,11-15H2,1-4H3,(H,29,33)(H,30,34)/t16-,18+/m0/s1. The van der Waals surface area contributed by atoms with E-state index in [2.05, 4.69) is 38.5 Å². The smallest absolute Gasteiger partial charge is 0.407 e. The van der Waals surface area contributed by atoms with Gasteiger partial charge in [0.1, 0.15) is 22.7 Å². The Labute approximate surface area is 205 Å². The number of ether oxygens (including phenoxy) is 1. The minimum atomic E-state index is -0.533. The van der Waals surface area contributed by atoms with Crippen LogP contribution in [-0.2, 0) is 9.53 Å². The molecule has 10 nitrogen and oxygen atoms in total. The highest BCUT2D eigenvalue weighted by Gasteiger charge is 2.32. The van der Waals surface area contributed by atoms with Gasteiger partial charge in [0, 0.05) is 44.6 Å². The second kappa shape index (κ2) is 10.0. The van der Waals surface area contributed by atoms with E-state index in [4.69, 9.17) is 4.74 Å². The molecule has 3 heterocycles. The largest absolute Gasteiger partial charge is 0.444 e. The summed E-state index contributed by atoms with van der Waals surface area (Å²) in [5.74, 6) is 0.354. The number of nitrogens with one attached hydrogen (secondary N) is 2. The fourth-order valence-electron chi connectivity index (χ4n) is 4.78. The lowest BCUT2D eigenvalue weighted by Gasteiger charge is -2.41. The van der Waals surface area contributed by atoms with E-state index in [-0.39, 0.29) is 18.0 Å². The van der Waals surface area contributed by atoms with Gasteiger partial charge < -0.3 is 20.3 Å². The van der Waals surface area contributed by atoms with Gasteiger partial charge in [-0.05, 0) is 45.2 Å². The number of piperidine rings is 1. The first kappa shape index (κ1) is 24.7. The molecule has 2 saturated heterocycles. The number of rotatable bonds is 5. The first-order valence-corrected chi connectivity index (χ1v) is 12.0. The molecular formula is C25H33N7O3.